The molecule has 0 saturated heterocycles. The zero-order valence-corrected chi connectivity index (χ0v) is 15.6. The summed E-state index contributed by atoms with van der Waals surface area (Å²) in [4.78, 5) is 15.7. The zero-order valence-electron chi connectivity index (χ0n) is 14.9. The van der Waals surface area contributed by atoms with Gasteiger partial charge in [-0.25, -0.2) is 4.39 Å². The van der Waals surface area contributed by atoms with Crippen LogP contribution >= 0.6 is 11.6 Å². The Morgan fingerprint density at radius 2 is 1.89 bits per heavy atom. The summed E-state index contributed by atoms with van der Waals surface area (Å²) in [5, 5.41) is 3.92. The van der Waals surface area contributed by atoms with Gasteiger partial charge in [-0.1, -0.05) is 47.1 Å². The number of aromatic nitrogens is 2. The Bertz CT molecular complexity index is 968. The molecule has 1 radical (unpaired) electrons. The second kappa shape index (κ2) is 7.48. The minimum Gasteiger partial charge on any atom is -0.369 e. The van der Waals surface area contributed by atoms with Gasteiger partial charge in [-0.15, -0.1) is 0 Å². The molecule has 0 spiro atoms. The molecule has 0 saturated carbocycles. The Kier molecular flexibility index (Phi) is 5.28. The highest BCUT2D eigenvalue weighted by molar-refractivity contribution is 6.31. The molecule has 0 aliphatic rings. The normalized spacial score (nSPS) is 11.6. The molecule has 2 N–H and O–H groups in total. The lowest BCUT2D eigenvalue weighted by atomic mass is 9.92. The van der Waals surface area contributed by atoms with Gasteiger partial charge in [0.2, 0.25) is 11.8 Å². The molecule has 0 aliphatic carbocycles. The summed E-state index contributed by atoms with van der Waals surface area (Å²) < 4.78 is 18.4. The average molecular weight is 387 g/mol. The van der Waals surface area contributed by atoms with Gasteiger partial charge >= 0.3 is 0 Å². The van der Waals surface area contributed by atoms with Gasteiger partial charge in [-0.05, 0) is 49.1 Å². The average Bonchev–Trinajstić information content (AvgIpc) is 3.12. The van der Waals surface area contributed by atoms with E-state index >= 15 is 0 Å². The molecule has 1 amide bonds. The predicted molar refractivity (Wildman–Crippen MR) is 100 cm³/mol. The van der Waals surface area contributed by atoms with Crippen LogP contribution in [0.4, 0.5) is 4.39 Å². The summed E-state index contributed by atoms with van der Waals surface area (Å²) in [5.74, 6) is -0.380. The standard InChI is InChI=1S/C20H18ClFN3O2/c1-20(2,18(23)26)19-24-17(27-25-19)10-5-12-3-6-13(7-4-12)14-8-9-16(22)15(21)11-14/h3-4,6-11H,5H2,1-2H3,(H2,23,26). The smallest absolute Gasteiger partial charge is 0.230 e. The Morgan fingerprint density at radius 1 is 1.22 bits per heavy atom. The monoisotopic (exact) mass is 386 g/mol. The van der Waals surface area contributed by atoms with E-state index in [4.69, 9.17) is 21.9 Å². The zero-order chi connectivity index (χ0) is 19.6. The third kappa shape index (κ3) is 4.17. The third-order valence-electron chi connectivity index (χ3n) is 4.34. The van der Waals surface area contributed by atoms with E-state index in [0.717, 1.165) is 16.7 Å². The SMILES string of the molecule is CC(C)(C(N)=O)c1noc([CH]Cc2ccc(-c3ccc(F)c(Cl)c3)cc2)n1. The lowest BCUT2D eigenvalue weighted by Crippen LogP contribution is -2.36. The van der Waals surface area contributed by atoms with Crippen LogP contribution < -0.4 is 5.73 Å². The maximum atomic E-state index is 13.3. The van der Waals surface area contributed by atoms with Crippen LogP contribution in [-0.2, 0) is 16.6 Å². The van der Waals surface area contributed by atoms with Gasteiger partial charge in [0.05, 0.1) is 11.4 Å². The quantitative estimate of drug-likeness (QED) is 0.691. The molecule has 0 fully saturated rings. The van der Waals surface area contributed by atoms with Gasteiger partial charge < -0.3 is 10.3 Å². The summed E-state index contributed by atoms with van der Waals surface area (Å²) in [7, 11) is 0. The fourth-order valence-corrected chi connectivity index (χ4v) is 2.58. The molecule has 0 aliphatic heterocycles. The molecular weight excluding hydrogens is 369 g/mol. The molecular formula is C20H18ClFN3O2. The van der Waals surface area contributed by atoms with E-state index in [1.165, 1.54) is 6.07 Å². The van der Waals surface area contributed by atoms with E-state index in [-0.39, 0.29) is 10.8 Å². The van der Waals surface area contributed by atoms with E-state index < -0.39 is 17.1 Å². The van der Waals surface area contributed by atoms with Gasteiger partial charge in [0.15, 0.2) is 5.82 Å². The minimum absolute atomic E-state index is 0.0935. The lowest BCUT2D eigenvalue weighted by molar-refractivity contribution is -0.122. The molecule has 27 heavy (non-hydrogen) atoms. The van der Waals surface area contributed by atoms with Crippen LogP contribution in [0.5, 0.6) is 0 Å². The topological polar surface area (TPSA) is 82.0 Å². The largest absolute Gasteiger partial charge is 0.369 e. The first-order chi connectivity index (χ1) is 12.8. The van der Waals surface area contributed by atoms with Crippen molar-refractivity contribution in [3.8, 4) is 11.1 Å². The first kappa shape index (κ1) is 19.0. The van der Waals surface area contributed by atoms with Crippen LogP contribution in [0.1, 0.15) is 31.1 Å². The Hall–Kier alpha value is -2.73. The number of nitrogens with two attached hydrogens (primary N) is 1. The van der Waals surface area contributed by atoms with Crippen LogP contribution in [0, 0.1) is 12.2 Å². The van der Waals surface area contributed by atoms with Crippen LogP contribution in [0.2, 0.25) is 5.02 Å². The van der Waals surface area contributed by atoms with Gasteiger partial charge in [0, 0.05) is 0 Å². The van der Waals surface area contributed by atoms with E-state index in [2.05, 4.69) is 10.1 Å². The van der Waals surface area contributed by atoms with E-state index in [1.807, 2.05) is 24.3 Å². The Labute approximate surface area is 161 Å². The number of rotatable bonds is 6. The molecule has 1 aromatic heterocycles. The summed E-state index contributed by atoms with van der Waals surface area (Å²) in [5.41, 5.74) is 7.17. The Morgan fingerprint density at radius 3 is 2.52 bits per heavy atom. The highest BCUT2D eigenvalue weighted by Crippen LogP contribution is 2.25. The second-order valence-corrected chi connectivity index (χ2v) is 7.09. The summed E-state index contributed by atoms with van der Waals surface area (Å²) in [6.07, 6.45) is 2.35. The predicted octanol–water partition coefficient (Wildman–Crippen LogP) is 4.09. The van der Waals surface area contributed by atoms with E-state index in [0.29, 0.717) is 12.3 Å². The molecule has 3 rings (SSSR count). The molecule has 139 valence electrons. The third-order valence-corrected chi connectivity index (χ3v) is 4.63. The number of carbonyl (C=O) groups is 1. The maximum absolute atomic E-state index is 13.3. The number of benzene rings is 2. The molecule has 0 bridgehead atoms. The maximum Gasteiger partial charge on any atom is 0.230 e. The van der Waals surface area contributed by atoms with E-state index in [1.54, 1.807) is 32.4 Å². The lowest BCUT2D eigenvalue weighted by Gasteiger charge is -2.14. The molecule has 2 aromatic carbocycles. The number of amides is 1. The fourth-order valence-electron chi connectivity index (χ4n) is 2.40. The number of halogens is 2. The van der Waals surface area contributed by atoms with Gasteiger partial charge in [0.25, 0.3) is 0 Å². The van der Waals surface area contributed by atoms with Crippen molar-refractivity contribution in [3.05, 3.63) is 77.0 Å². The van der Waals surface area contributed by atoms with Crippen LogP contribution in [0.3, 0.4) is 0 Å². The first-order valence-corrected chi connectivity index (χ1v) is 8.67. The molecule has 7 heteroatoms. The van der Waals surface area contributed by atoms with Crippen molar-refractivity contribution in [2.24, 2.45) is 5.73 Å². The van der Waals surface area contributed by atoms with Crippen molar-refractivity contribution in [1.82, 2.24) is 10.1 Å². The summed E-state index contributed by atoms with van der Waals surface area (Å²) in [6.45, 7) is 3.29. The van der Waals surface area contributed by atoms with Crippen molar-refractivity contribution >= 4 is 17.5 Å². The number of hydrogen-bond donors (Lipinski definition) is 1. The highest BCUT2D eigenvalue weighted by atomic mass is 35.5. The van der Waals surface area contributed by atoms with Crippen LogP contribution in [0.25, 0.3) is 11.1 Å². The molecule has 0 unspecified atom stereocenters. The Balaban J connectivity index is 1.66. The molecule has 0 atom stereocenters. The van der Waals surface area contributed by atoms with Gasteiger partial charge in [0.1, 0.15) is 11.2 Å². The van der Waals surface area contributed by atoms with Crippen molar-refractivity contribution in [2.45, 2.75) is 25.7 Å². The molecule has 1 heterocycles. The number of hydrogen-bond acceptors (Lipinski definition) is 4. The minimum atomic E-state index is -0.992. The van der Waals surface area contributed by atoms with Crippen molar-refractivity contribution in [1.29, 1.82) is 0 Å². The van der Waals surface area contributed by atoms with Crippen LogP contribution in [-0.4, -0.2) is 16.0 Å². The number of nitrogens with zero attached hydrogens (tertiary/aromatic N) is 2. The number of primary amides is 1. The van der Waals surface area contributed by atoms with Crippen molar-refractivity contribution in [2.75, 3.05) is 0 Å². The van der Waals surface area contributed by atoms with Gasteiger partial charge in [-0.3, -0.25) is 4.79 Å². The second-order valence-electron chi connectivity index (χ2n) is 6.68. The van der Waals surface area contributed by atoms with Crippen molar-refractivity contribution < 1.29 is 13.7 Å². The van der Waals surface area contributed by atoms with Crippen molar-refractivity contribution in [3.63, 3.8) is 0 Å². The highest BCUT2D eigenvalue weighted by Gasteiger charge is 2.32. The molecule has 5 nitrogen and oxygen atoms in total. The fraction of sp³-hybridized carbons (Fsp3) is 0.200. The van der Waals surface area contributed by atoms with Crippen LogP contribution in [0.15, 0.2) is 47.0 Å². The molecule has 3 aromatic rings. The van der Waals surface area contributed by atoms with Gasteiger partial charge in [-0.2, -0.15) is 4.98 Å². The first-order valence-electron chi connectivity index (χ1n) is 8.29. The summed E-state index contributed by atoms with van der Waals surface area (Å²) >= 11 is 5.83. The number of carbonyl (C=O) groups excluding carboxylic acids is 1. The summed E-state index contributed by atoms with van der Waals surface area (Å²) in [6, 6.07) is 12.4. The van der Waals surface area contributed by atoms with E-state index in [9.17, 15) is 9.18 Å².